The summed E-state index contributed by atoms with van der Waals surface area (Å²) in [6.45, 7) is 4.06. The van der Waals surface area contributed by atoms with E-state index in [1.807, 2.05) is 13.1 Å². The van der Waals surface area contributed by atoms with Gasteiger partial charge in [-0.1, -0.05) is 36.9 Å². The van der Waals surface area contributed by atoms with Gasteiger partial charge in [0.15, 0.2) is 0 Å². The number of methoxy groups -OCH3 is 1. The monoisotopic (exact) mass is 345 g/mol. The van der Waals surface area contributed by atoms with Gasteiger partial charge in [0, 0.05) is 18.7 Å². The average molecular weight is 345 g/mol. The number of aldehydes is 1. The fourth-order valence-corrected chi connectivity index (χ4v) is 1.87. The number of hydrogen-bond acceptors (Lipinski definition) is 6. The van der Waals surface area contributed by atoms with Gasteiger partial charge in [-0.25, -0.2) is 4.68 Å². The SMILES string of the molecule is C=CCOc1ccnn1C.COC(=O)C(N)Cc1ccc(C=O)cc1. The molecule has 0 bridgehead atoms. The highest BCUT2D eigenvalue weighted by Gasteiger charge is 2.13. The molecular weight excluding hydrogens is 322 g/mol. The van der Waals surface area contributed by atoms with E-state index in [2.05, 4.69) is 16.4 Å². The number of nitrogens with zero attached hydrogens (tertiary/aromatic N) is 2. The minimum absolute atomic E-state index is 0.409. The first-order valence-corrected chi connectivity index (χ1v) is 7.61. The van der Waals surface area contributed by atoms with Crippen LogP contribution in [-0.2, 0) is 23.0 Å². The Kier molecular flexibility index (Phi) is 8.67. The van der Waals surface area contributed by atoms with Gasteiger partial charge in [0.05, 0.1) is 13.3 Å². The first-order valence-electron chi connectivity index (χ1n) is 7.61. The Labute approximate surface area is 147 Å². The summed E-state index contributed by atoms with van der Waals surface area (Å²) >= 11 is 0. The largest absolute Gasteiger partial charge is 0.474 e. The van der Waals surface area contributed by atoms with Gasteiger partial charge in [0.2, 0.25) is 5.88 Å². The maximum Gasteiger partial charge on any atom is 0.322 e. The second kappa shape index (κ2) is 10.8. The maximum absolute atomic E-state index is 11.0. The van der Waals surface area contributed by atoms with Crippen molar-refractivity contribution in [3.63, 3.8) is 0 Å². The highest BCUT2D eigenvalue weighted by atomic mass is 16.5. The zero-order chi connectivity index (χ0) is 18.7. The first kappa shape index (κ1) is 20.1. The molecule has 0 aliphatic carbocycles. The van der Waals surface area contributed by atoms with Crippen LogP contribution in [0.1, 0.15) is 15.9 Å². The standard InChI is InChI=1S/C11H13NO3.C7H10N2O/c1-15-11(14)10(12)6-8-2-4-9(7-13)5-3-8;1-3-6-10-7-4-5-8-9(7)2/h2-5,7,10H,6,12H2,1H3;3-5H,1,6H2,2H3. The van der Waals surface area contributed by atoms with Gasteiger partial charge in [0.25, 0.3) is 0 Å². The van der Waals surface area contributed by atoms with Crippen molar-refractivity contribution in [2.45, 2.75) is 12.5 Å². The lowest BCUT2D eigenvalue weighted by atomic mass is 10.1. The predicted octanol–water partition coefficient (Wildman–Crippen LogP) is 1.53. The van der Waals surface area contributed by atoms with Gasteiger partial charge in [-0.2, -0.15) is 5.10 Å². The second-order valence-electron chi connectivity index (χ2n) is 5.09. The summed E-state index contributed by atoms with van der Waals surface area (Å²) in [5.74, 6) is 0.328. The molecule has 1 atom stereocenters. The van der Waals surface area contributed by atoms with Crippen LogP contribution in [0.3, 0.4) is 0 Å². The van der Waals surface area contributed by atoms with E-state index in [4.69, 9.17) is 10.5 Å². The molecule has 1 aromatic heterocycles. The quantitative estimate of drug-likeness (QED) is 0.464. The fourth-order valence-electron chi connectivity index (χ4n) is 1.87. The Morgan fingerprint density at radius 3 is 2.52 bits per heavy atom. The van der Waals surface area contributed by atoms with Crippen LogP contribution in [0, 0.1) is 0 Å². The lowest BCUT2D eigenvalue weighted by Crippen LogP contribution is -2.33. The number of esters is 1. The summed E-state index contributed by atoms with van der Waals surface area (Å²) in [4.78, 5) is 21.4. The highest BCUT2D eigenvalue weighted by molar-refractivity contribution is 5.76. The molecule has 0 radical (unpaired) electrons. The summed E-state index contributed by atoms with van der Waals surface area (Å²) in [7, 11) is 3.14. The molecule has 1 heterocycles. The number of rotatable bonds is 7. The third kappa shape index (κ3) is 7.01. The van der Waals surface area contributed by atoms with Crippen molar-refractivity contribution < 1.29 is 19.1 Å². The molecule has 0 amide bonds. The van der Waals surface area contributed by atoms with Gasteiger partial charge in [-0.05, 0) is 12.0 Å². The Balaban J connectivity index is 0.000000271. The molecule has 7 heteroatoms. The molecule has 0 aliphatic heterocycles. The third-order valence-electron chi connectivity index (χ3n) is 3.20. The Hall–Kier alpha value is -2.93. The van der Waals surface area contributed by atoms with Crippen molar-refractivity contribution in [3.05, 3.63) is 60.3 Å². The normalized spacial score (nSPS) is 10.8. The molecule has 0 saturated carbocycles. The molecule has 134 valence electrons. The van der Waals surface area contributed by atoms with Crippen LogP contribution in [0.15, 0.2) is 49.2 Å². The molecule has 2 aromatic rings. The number of aryl methyl sites for hydroxylation is 1. The molecule has 0 saturated heterocycles. The minimum atomic E-state index is -0.655. The van der Waals surface area contributed by atoms with Crippen LogP contribution in [0.4, 0.5) is 0 Å². The number of aromatic nitrogens is 2. The zero-order valence-corrected chi connectivity index (χ0v) is 14.4. The van der Waals surface area contributed by atoms with E-state index >= 15 is 0 Å². The number of benzene rings is 1. The molecule has 7 nitrogen and oxygen atoms in total. The van der Waals surface area contributed by atoms with Crippen LogP contribution >= 0.6 is 0 Å². The molecule has 0 aliphatic rings. The van der Waals surface area contributed by atoms with E-state index in [9.17, 15) is 9.59 Å². The van der Waals surface area contributed by atoms with Gasteiger partial charge in [-0.3, -0.25) is 9.59 Å². The molecule has 1 unspecified atom stereocenters. The lowest BCUT2D eigenvalue weighted by Gasteiger charge is -2.08. The van der Waals surface area contributed by atoms with E-state index in [-0.39, 0.29) is 0 Å². The lowest BCUT2D eigenvalue weighted by molar-refractivity contribution is -0.142. The van der Waals surface area contributed by atoms with E-state index in [1.165, 1.54) is 7.11 Å². The van der Waals surface area contributed by atoms with Crippen molar-refractivity contribution in [2.75, 3.05) is 13.7 Å². The van der Waals surface area contributed by atoms with Gasteiger partial charge < -0.3 is 15.2 Å². The molecule has 2 rings (SSSR count). The minimum Gasteiger partial charge on any atom is -0.474 e. The Bertz CT molecular complexity index is 680. The van der Waals surface area contributed by atoms with Crippen LogP contribution in [0.2, 0.25) is 0 Å². The Morgan fingerprint density at radius 2 is 2.04 bits per heavy atom. The van der Waals surface area contributed by atoms with Gasteiger partial charge in [-0.15, -0.1) is 0 Å². The molecule has 0 spiro atoms. The number of carbonyl (C=O) groups excluding carboxylic acids is 2. The van der Waals surface area contributed by atoms with Crippen molar-refractivity contribution in [1.82, 2.24) is 9.78 Å². The van der Waals surface area contributed by atoms with Crippen LogP contribution in [0.25, 0.3) is 0 Å². The topological polar surface area (TPSA) is 96.4 Å². The summed E-state index contributed by atoms with van der Waals surface area (Å²) < 4.78 is 11.4. The number of ether oxygens (including phenoxy) is 2. The predicted molar refractivity (Wildman–Crippen MR) is 94.4 cm³/mol. The smallest absolute Gasteiger partial charge is 0.322 e. The molecule has 0 fully saturated rings. The fraction of sp³-hybridized carbons (Fsp3) is 0.278. The van der Waals surface area contributed by atoms with Crippen molar-refractivity contribution in [1.29, 1.82) is 0 Å². The second-order valence-corrected chi connectivity index (χ2v) is 5.09. The van der Waals surface area contributed by atoms with Gasteiger partial charge >= 0.3 is 5.97 Å². The van der Waals surface area contributed by atoms with E-state index in [1.54, 1.807) is 41.2 Å². The molecule has 1 aromatic carbocycles. The van der Waals surface area contributed by atoms with E-state index in [0.717, 1.165) is 17.7 Å². The van der Waals surface area contributed by atoms with Crippen LogP contribution < -0.4 is 10.5 Å². The van der Waals surface area contributed by atoms with Gasteiger partial charge in [0.1, 0.15) is 18.9 Å². The number of carbonyl (C=O) groups is 2. The summed E-state index contributed by atoms with van der Waals surface area (Å²) in [5, 5.41) is 3.93. The Morgan fingerprint density at radius 1 is 1.36 bits per heavy atom. The molecule has 2 N–H and O–H groups in total. The number of hydrogen-bond donors (Lipinski definition) is 1. The van der Waals surface area contributed by atoms with Crippen LogP contribution in [-0.4, -0.2) is 41.8 Å². The zero-order valence-electron chi connectivity index (χ0n) is 14.4. The van der Waals surface area contributed by atoms with E-state index < -0.39 is 12.0 Å². The average Bonchev–Trinajstić information content (AvgIpc) is 3.05. The van der Waals surface area contributed by atoms with Crippen molar-refractivity contribution >= 4 is 12.3 Å². The maximum atomic E-state index is 11.0. The van der Waals surface area contributed by atoms with E-state index in [0.29, 0.717) is 18.6 Å². The highest BCUT2D eigenvalue weighted by Crippen LogP contribution is 2.06. The molecular formula is C18H23N3O4. The number of nitrogens with two attached hydrogens (primary N) is 1. The summed E-state index contributed by atoms with van der Waals surface area (Å²) in [6, 6.07) is 8.07. The molecule has 25 heavy (non-hydrogen) atoms. The first-order chi connectivity index (χ1) is 12.0. The van der Waals surface area contributed by atoms with Crippen molar-refractivity contribution in [3.8, 4) is 5.88 Å². The summed E-state index contributed by atoms with van der Waals surface area (Å²) in [6.07, 6.45) is 4.57. The van der Waals surface area contributed by atoms with Crippen LogP contribution in [0.5, 0.6) is 5.88 Å². The van der Waals surface area contributed by atoms with Crippen molar-refractivity contribution in [2.24, 2.45) is 12.8 Å². The third-order valence-corrected chi connectivity index (χ3v) is 3.20. The summed E-state index contributed by atoms with van der Waals surface area (Å²) in [5.41, 5.74) is 7.09.